The standard InChI is InChI=1S/C21H30N4O4S.HI/c1-22-21(25(4)15-17-11-12-18(28-5)13-19(17)29-6)23-14-16-9-7-8-10-20(16)30(26,27)24(2)3;/h7-13H,14-15H2,1-6H3,(H,22,23);1H. The highest BCUT2D eigenvalue weighted by Gasteiger charge is 2.21. The second-order valence-electron chi connectivity index (χ2n) is 6.83. The van der Waals surface area contributed by atoms with Gasteiger partial charge < -0.3 is 19.7 Å². The van der Waals surface area contributed by atoms with Gasteiger partial charge in [0.1, 0.15) is 11.5 Å². The number of nitrogens with one attached hydrogen (secondary N) is 1. The molecular weight excluding hydrogens is 531 g/mol. The van der Waals surface area contributed by atoms with E-state index in [4.69, 9.17) is 9.47 Å². The van der Waals surface area contributed by atoms with Gasteiger partial charge in [-0.25, -0.2) is 12.7 Å². The molecule has 0 radical (unpaired) electrons. The van der Waals surface area contributed by atoms with Gasteiger partial charge in [-0.05, 0) is 23.8 Å². The number of guanidine groups is 1. The molecule has 0 amide bonds. The first-order valence-corrected chi connectivity index (χ1v) is 10.8. The molecule has 0 aromatic heterocycles. The first-order valence-electron chi connectivity index (χ1n) is 9.37. The SMILES string of the molecule is CN=C(NCc1ccccc1S(=O)(=O)N(C)C)N(C)Cc1ccc(OC)cc1OC.I. The summed E-state index contributed by atoms with van der Waals surface area (Å²) in [5, 5.41) is 3.24. The molecule has 31 heavy (non-hydrogen) atoms. The lowest BCUT2D eigenvalue weighted by molar-refractivity contribution is 0.382. The van der Waals surface area contributed by atoms with E-state index in [1.54, 1.807) is 39.5 Å². The Morgan fingerprint density at radius 1 is 1.03 bits per heavy atom. The van der Waals surface area contributed by atoms with E-state index in [9.17, 15) is 8.42 Å². The minimum Gasteiger partial charge on any atom is -0.497 e. The molecule has 0 saturated carbocycles. The van der Waals surface area contributed by atoms with Gasteiger partial charge in [0.05, 0.1) is 19.1 Å². The number of nitrogens with zero attached hydrogens (tertiary/aromatic N) is 3. The Balaban J connectivity index is 0.00000480. The van der Waals surface area contributed by atoms with Crippen LogP contribution in [-0.4, -0.2) is 66.0 Å². The van der Waals surface area contributed by atoms with Gasteiger partial charge in [-0.15, -0.1) is 24.0 Å². The van der Waals surface area contributed by atoms with Crippen molar-refractivity contribution in [3.63, 3.8) is 0 Å². The predicted molar refractivity (Wildman–Crippen MR) is 134 cm³/mol. The number of sulfonamides is 1. The van der Waals surface area contributed by atoms with Crippen molar-refractivity contribution in [2.45, 2.75) is 18.0 Å². The Hall–Kier alpha value is -2.05. The summed E-state index contributed by atoms with van der Waals surface area (Å²) in [5.41, 5.74) is 1.64. The first kappa shape index (κ1) is 27.0. The zero-order chi connectivity index (χ0) is 22.3. The van der Waals surface area contributed by atoms with Crippen LogP contribution in [-0.2, 0) is 23.1 Å². The highest BCUT2D eigenvalue weighted by Crippen LogP contribution is 2.25. The Labute approximate surface area is 202 Å². The highest BCUT2D eigenvalue weighted by atomic mass is 127. The smallest absolute Gasteiger partial charge is 0.242 e. The van der Waals surface area contributed by atoms with Crippen LogP contribution >= 0.6 is 24.0 Å². The summed E-state index contributed by atoms with van der Waals surface area (Å²) < 4.78 is 37.1. The molecule has 0 aliphatic carbocycles. The van der Waals surface area contributed by atoms with E-state index in [0.29, 0.717) is 24.6 Å². The lowest BCUT2D eigenvalue weighted by Crippen LogP contribution is -2.38. The molecule has 10 heteroatoms. The fraction of sp³-hybridized carbons (Fsp3) is 0.381. The van der Waals surface area contributed by atoms with E-state index in [-0.39, 0.29) is 28.9 Å². The van der Waals surface area contributed by atoms with Gasteiger partial charge in [0.2, 0.25) is 10.0 Å². The maximum Gasteiger partial charge on any atom is 0.242 e. The summed E-state index contributed by atoms with van der Waals surface area (Å²) in [4.78, 5) is 6.53. The molecule has 0 aliphatic rings. The molecular formula is C21H31IN4O4S. The maximum atomic E-state index is 12.6. The van der Waals surface area contributed by atoms with Crippen molar-refractivity contribution in [1.29, 1.82) is 0 Å². The summed E-state index contributed by atoms with van der Waals surface area (Å²) in [7, 11) is 6.33. The van der Waals surface area contributed by atoms with Crippen LogP contribution in [0.15, 0.2) is 52.4 Å². The maximum absolute atomic E-state index is 12.6. The van der Waals surface area contributed by atoms with Crippen molar-refractivity contribution in [3.05, 3.63) is 53.6 Å². The fourth-order valence-electron chi connectivity index (χ4n) is 2.97. The molecule has 0 spiro atoms. The molecule has 1 N–H and O–H groups in total. The summed E-state index contributed by atoms with van der Waals surface area (Å²) in [6.07, 6.45) is 0. The van der Waals surface area contributed by atoms with Gasteiger partial charge in [-0.2, -0.15) is 0 Å². The molecule has 2 rings (SSSR count). The highest BCUT2D eigenvalue weighted by molar-refractivity contribution is 14.0. The lowest BCUT2D eigenvalue weighted by atomic mass is 10.2. The van der Waals surface area contributed by atoms with Crippen molar-refractivity contribution < 1.29 is 17.9 Å². The second-order valence-corrected chi connectivity index (χ2v) is 8.95. The van der Waals surface area contributed by atoms with Gasteiger partial charge in [0.15, 0.2) is 5.96 Å². The zero-order valence-electron chi connectivity index (χ0n) is 18.7. The summed E-state index contributed by atoms with van der Waals surface area (Å²) in [6, 6.07) is 12.6. The average molecular weight is 562 g/mol. The third-order valence-corrected chi connectivity index (χ3v) is 6.56. The minimum absolute atomic E-state index is 0. The Kier molecular flexibility index (Phi) is 10.5. The zero-order valence-corrected chi connectivity index (χ0v) is 21.9. The van der Waals surface area contributed by atoms with Crippen LogP contribution in [0.3, 0.4) is 0 Å². The van der Waals surface area contributed by atoms with Gasteiger partial charge in [-0.3, -0.25) is 4.99 Å². The van der Waals surface area contributed by atoms with E-state index >= 15 is 0 Å². The predicted octanol–water partition coefficient (Wildman–Crippen LogP) is 2.78. The summed E-state index contributed by atoms with van der Waals surface area (Å²) >= 11 is 0. The van der Waals surface area contributed by atoms with E-state index in [1.165, 1.54) is 18.4 Å². The summed E-state index contributed by atoms with van der Waals surface area (Å²) in [6.45, 7) is 0.866. The largest absolute Gasteiger partial charge is 0.497 e. The number of ether oxygens (including phenoxy) is 2. The Morgan fingerprint density at radius 3 is 2.29 bits per heavy atom. The molecule has 172 valence electrons. The lowest BCUT2D eigenvalue weighted by Gasteiger charge is -2.24. The Morgan fingerprint density at radius 2 is 1.71 bits per heavy atom. The van der Waals surface area contributed by atoms with Gasteiger partial charge >= 0.3 is 0 Å². The molecule has 2 aromatic carbocycles. The number of methoxy groups -OCH3 is 2. The van der Waals surface area contributed by atoms with Crippen LogP contribution < -0.4 is 14.8 Å². The van der Waals surface area contributed by atoms with Crippen LogP contribution in [0, 0.1) is 0 Å². The Bertz CT molecular complexity index is 997. The molecule has 0 saturated heterocycles. The first-order chi connectivity index (χ1) is 14.2. The molecule has 0 bridgehead atoms. The van der Waals surface area contributed by atoms with Crippen LogP contribution in [0.25, 0.3) is 0 Å². The number of hydrogen-bond donors (Lipinski definition) is 1. The number of hydrogen-bond acceptors (Lipinski definition) is 5. The molecule has 2 aromatic rings. The van der Waals surface area contributed by atoms with Crippen molar-refractivity contribution in [3.8, 4) is 11.5 Å². The topological polar surface area (TPSA) is 83.5 Å². The molecule has 0 fully saturated rings. The molecule has 0 aliphatic heterocycles. The summed E-state index contributed by atoms with van der Waals surface area (Å²) in [5.74, 6) is 2.07. The van der Waals surface area contributed by atoms with E-state index in [0.717, 1.165) is 17.1 Å². The van der Waals surface area contributed by atoms with E-state index in [2.05, 4.69) is 10.3 Å². The number of benzene rings is 2. The number of aliphatic imine (C=N–C) groups is 1. The third kappa shape index (κ3) is 6.71. The number of rotatable bonds is 8. The van der Waals surface area contributed by atoms with Crippen molar-refractivity contribution in [1.82, 2.24) is 14.5 Å². The van der Waals surface area contributed by atoms with Gasteiger partial charge in [0, 0.05) is 52.9 Å². The number of halogens is 1. The third-order valence-electron chi connectivity index (χ3n) is 4.64. The van der Waals surface area contributed by atoms with Crippen LogP contribution in [0.5, 0.6) is 11.5 Å². The normalized spacial score (nSPS) is 11.6. The fourth-order valence-corrected chi connectivity index (χ4v) is 4.09. The molecule has 0 unspecified atom stereocenters. The van der Waals surface area contributed by atoms with Crippen molar-refractivity contribution >= 4 is 40.0 Å². The second kappa shape index (κ2) is 12.1. The molecule has 0 heterocycles. The quantitative estimate of drug-likeness (QED) is 0.303. The minimum atomic E-state index is -3.54. The van der Waals surface area contributed by atoms with Crippen molar-refractivity contribution in [2.24, 2.45) is 4.99 Å². The van der Waals surface area contributed by atoms with Gasteiger partial charge in [0.25, 0.3) is 0 Å². The van der Waals surface area contributed by atoms with E-state index < -0.39 is 10.0 Å². The monoisotopic (exact) mass is 562 g/mol. The van der Waals surface area contributed by atoms with Crippen LogP contribution in [0.4, 0.5) is 0 Å². The molecule has 0 atom stereocenters. The average Bonchev–Trinajstić information content (AvgIpc) is 2.74. The van der Waals surface area contributed by atoms with Gasteiger partial charge in [-0.1, -0.05) is 18.2 Å². The van der Waals surface area contributed by atoms with Crippen molar-refractivity contribution in [2.75, 3.05) is 42.4 Å². The molecule has 8 nitrogen and oxygen atoms in total. The van der Waals surface area contributed by atoms with Crippen LogP contribution in [0.1, 0.15) is 11.1 Å². The van der Waals surface area contributed by atoms with E-state index in [1.807, 2.05) is 36.2 Å². The van der Waals surface area contributed by atoms with Crippen LogP contribution in [0.2, 0.25) is 0 Å².